The van der Waals surface area contributed by atoms with Crippen LogP contribution in [0.25, 0.3) is 0 Å². The Balaban J connectivity index is 1.86. The lowest BCUT2D eigenvalue weighted by Gasteiger charge is -2.22. The molecule has 2 heterocycles. The number of carbonyl (C=O) groups excluding carboxylic acids is 3. The molecule has 0 saturated carbocycles. The lowest BCUT2D eigenvalue weighted by molar-refractivity contribution is -0.131. The van der Waals surface area contributed by atoms with Crippen LogP contribution < -0.4 is 10.6 Å². The summed E-state index contributed by atoms with van der Waals surface area (Å²) in [6.45, 7) is 0. The first-order valence-corrected chi connectivity index (χ1v) is 7.35. The summed E-state index contributed by atoms with van der Waals surface area (Å²) in [5, 5.41) is 10.0. The fourth-order valence-electron chi connectivity index (χ4n) is 2.07. The molecule has 0 aliphatic carbocycles. The molecule has 7 nitrogen and oxygen atoms in total. The molecule has 1 atom stereocenters. The standard InChI is InChI=1S/C13H12N4O3S/c18-9-6-10(19)15-13(14-9)16-17-11(20)7-21-12(17)8-4-2-1-3-5-8/h1-5,12H,6-7H2,(H2,14,15,16,18,19)/t12-/m1/s1. The predicted octanol–water partition coefficient (Wildman–Crippen LogP) is 0.168. The van der Waals surface area contributed by atoms with Gasteiger partial charge in [-0.2, -0.15) is 0 Å². The highest BCUT2D eigenvalue weighted by Crippen LogP contribution is 2.38. The van der Waals surface area contributed by atoms with Gasteiger partial charge in [-0.1, -0.05) is 30.3 Å². The van der Waals surface area contributed by atoms with Crippen LogP contribution >= 0.6 is 11.8 Å². The van der Waals surface area contributed by atoms with Crippen molar-refractivity contribution in [1.82, 2.24) is 15.6 Å². The van der Waals surface area contributed by atoms with Crippen LogP contribution in [0.4, 0.5) is 0 Å². The second-order valence-corrected chi connectivity index (χ2v) is 5.60. The molecule has 0 bridgehead atoms. The Bertz CT molecular complexity index is 614. The smallest absolute Gasteiger partial charge is 0.254 e. The normalized spacial score (nSPS) is 22.1. The Morgan fingerprint density at radius 3 is 2.43 bits per heavy atom. The number of nitrogens with zero attached hydrogens (tertiary/aromatic N) is 2. The zero-order valence-electron chi connectivity index (χ0n) is 10.9. The largest absolute Gasteiger partial charge is 0.294 e. The third-order valence-electron chi connectivity index (χ3n) is 2.97. The number of carbonyl (C=O) groups is 3. The van der Waals surface area contributed by atoms with E-state index in [1.807, 2.05) is 30.3 Å². The highest BCUT2D eigenvalue weighted by molar-refractivity contribution is 8.00. The fraction of sp³-hybridized carbons (Fsp3) is 0.231. The van der Waals surface area contributed by atoms with Crippen molar-refractivity contribution in [1.29, 1.82) is 0 Å². The van der Waals surface area contributed by atoms with Crippen LogP contribution in [-0.4, -0.2) is 34.4 Å². The van der Waals surface area contributed by atoms with E-state index in [2.05, 4.69) is 15.7 Å². The van der Waals surface area contributed by atoms with Gasteiger partial charge in [-0.15, -0.1) is 16.9 Å². The monoisotopic (exact) mass is 304 g/mol. The number of hydrazone groups is 1. The highest BCUT2D eigenvalue weighted by atomic mass is 32.2. The summed E-state index contributed by atoms with van der Waals surface area (Å²) in [6, 6.07) is 9.47. The van der Waals surface area contributed by atoms with Gasteiger partial charge in [0.05, 0.1) is 5.75 Å². The van der Waals surface area contributed by atoms with Crippen molar-refractivity contribution in [3.8, 4) is 0 Å². The van der Waals surface area contributed by atoms with Crippen LogP contribution in [0.5, 0.6) is 0 Å². The second-order valence-electron chi connectivity index (χ2n) is 4.53. The molecule has 0 radical (unpaired) electrons. The summed E-state index contributed by atoms with van der Waals surface area (Å²) in [7, 11) is 0. The number of hydrogen-bond acceptors (Lipinski definition) is 5. The highest BCUT2D eigenvalue weighted by Gasteiger charge is 2.34. The van der Waals surface area contributed by atoms with Crippen molar-refractivity contribution in [3.63, 3.8) is 0 Å². The van der Waals surface area contributed by atoms with Crippen LogP contribution in [0.15, 0.2) is 35.4 Å². The third kappa shape index (κ3) is 2.89. The van der Waals surface area contributed by atoms with E-state index in [0.717, 1.165) is 5.56 Å². The number of guanidine groups is 1. The van der Waals surface area contributed by atoms with Crippen LogP contribution in [0.3, 0.4) is 0 Å². The summed E-state index contributed by atoms with van der Waals surface area (Å²) < 4.78 is 0. The van der Waals surface area contributed by atoms with E-state index in [1.54, 1.807) is 0 Å². The van der Waals surface area contributed by atoms with Crippen LogP contribution in [-0.2, 0) is 14.4 Å². The molecule has 2 aliphatic rings. The van der Waals surface area contributed by atoms with Gasteiger partial charge in [-0.3, -0.25) is 25.0 Å². The van der Waals surface area contributed by atoms with E-state index < -0.39 is 11.8 Å². The predicted molar refractivity (Wildman–Crippen MR) is 76.8 cm³/mol. The number of amides is 3. The van der Waals surface area contributed by atoms with Gasteiger partial charge in [0.25, 0.3) is 5.91 Å². The average Bonchev–Trinajstić information content (AvgIpc) is 2.80. The van der Waals surface area contributed by atoms with E-state index in [0.29, 0.717) is 5.75 Å². The van der Waals surface area contributed by atoms with Crippen molar-refractivity contribution in [2.24, 2.45) is 5.10 Å². The summed E-state index contributed by atoms with van der Waals surface area (Å²) >= 11 is 1.45. The number of hydrogen-bond donors (Lipinski definition) is 2. The van der Waals surface area contributed by atoms with Crippen molar-refractivity contribution in [3.05, 3.63) is 35.9 Å². The minimum Gasteiger partial charge on any atom is -0.294 e. The molecule has 2 saturated heterocycles. The van der Waals surface area contributed by atoms with Gasteiger partial charge in [-0.25, -0.2) is 5.01 Å². The minimum atomic E-state index is -0.437. The molecule has 3 rings (SSSR count). The number of thioether (sulfide) groups is 1. The van der Waals surface area contributed by atoms with Crippen molar-refractivity contribution in [2.75, 3.05) is 5.75 Å². The average molecular weight is 304 g/mol. The molecule has 2 aliphatic heterocycles. The van der Waals surface area contributed by atoms with E-state index >= 15 is 0 Å². The Kier molecular flexibility index (Phi) is 3.61. The molecule has 0 unspecified atom stereocenters. The molecule has 108 valence electrons. The molecule has 2 fully saturated rings. The van der Waals surface area contributed by atoms with Gasteiger partial charge in [0, 0.05) is 0 Å². The Labute approximate surface area is 124 Å². The number of nitrogens with one attached hydrogen (secondary N) is 2. The number of rotatable bonds is 2. The van der Waals surface area contributed by atoms with Gasteiger partial charge >= 0.3 is 0 Å². The Morgan fingerprint density at radius 1 is 1.10 bits per heavy atom. The summed E-state index contributed by atoms with van der Waals surface area (Å²) in [5.41, 5.74) is 0.936. The first-order valence-electron chi connectivity index (χ1n) is 6.30. The third-order valence-corrected chi connectivity index (χ3v) is 4.17. The molecule has 0 spiro atoms. The van der Waals surface area contributed by atoms with Crippen molar-refractivity contribution >= 4 is 35.4 Å². The van der Waals surface area contributed by atoms with Gasteiger partial charge < -0.3 is 0 Å². The minimum absolute atomic E-state index is 0.00645. The van der Waals surface area contributed by atoms with E-state index in [9.17, 15) is 14.4 Å². The first kappa shape index (κ1) is 13.6. The molecule has 1 aromatic rings. The Morgan fingerprint density at radius 2 is 1.76 bits per heavy atom. The SMILES string of the molecule is O=C1CC(=O)NC(=NN2C(=O)CS[C@@H]2c2ccccc2)N1. The maximum atomic E-state index is 12.0. The van der Waals surface area contributed by atoms with Crippen LogP contribution in [0, 0.1) is 0 Å². The van der Waals surface area contributed by atoms with Gasteiger partial charge in [0.15, 0.2) is 0 Å². The fourth-order valence-corrected chi connectivity index (χ4v) is 3.16. The van der Waals surface area contributed by atoms with Crippen molar-refractivity contribution in [2.45, 2.75) is 11.8 Å². The van der Waals surface area contributed by atoms with Gasteiger partial charge in [0.1, 0.15) is 11.8 Å². The molecule has 0 aromatic heterocycles. The van der Waals surface area contributed by atoms with E-state index in [1.165, 1.54) is 16.8 Å². The van der Waals surface area contributed by atoms with Gasteiger partial charge in [-0.05, 0) is 5.56 Å². The zero-order chi connectivity index (χ0) is 14.8. The maximum Gasteiger partial charge on any atom is 0.254 e. The van der Waals surface area contributed by atoms with Crippen LogP contribution in [0.1, 0.15) is 17.4 Å². The van der Waals surface area contributed by atoms with Crippen LogP contribution in [0.2, 0.25) is 0 Å². The van der Waals surface area contributed by atoms with E-state index in [4.69, 9.17) is 0 Å². The first-order chi connectivity index (χ1) is 10.1. The van der Waals surface area contributed by atoms with Crippen molar-refractivity contribution < 1.29 is 14.4 Å². The zero-order valence-corrected chi connectivity index (χ0v) is 11.7. The topological polar surface area (TPSA) is 90.9 Å². The second kappa shape index (κ2) is 5.57. The molecule has 21 heavy (non-hydrogen) atoms. The lowest BCUT2D eigenvalue weighted by atomic mass is 10.2. The molecular weight excluding hydrogens is 292 g/mol. The molecule has 1 aromatic carbocycles. The molecule has 8 heteroatoms. The Hall–Kier alpha value is -2.35. The lowest BCUT2D eigenvalue weighted by Crippen LogP contribution is -2.51. The maximum absolute atomic E-state index is 12.0. The van der Waals surface area contributed by atoms with Gasteiger partial charge in [0.2, 0.25) is 17.8 Å². The quantitative estimate of drug-likeness (QED) is 0.762. The summed E-state index contributed by atoms with van der Waals surface area (Å²) in [6.07, 6.45) is -0.232. The number of benzene rings is 1. The molecular formula is C13H12N4O3S. The summed E-state index contributed by atoms with van der Waals surface area (Å²) in [4.78, 5) is 34.6. The molecule has 2 N–H and O–H groups in total. The van der Waals surface area contributed by atoms with E-state index in [-0.39, 0.29) is 23.7 Å². The summed E-state index contributed by atoms with van der Waals surface area (Å²) in [5.74, 6) is -0.748. The molecule has 3 amide bonds.